The fourth-order valence-corrected chi connectivity index (χ4v) is 2.54. The Bertz CT molecular complexity index is 1020. The standard InChI is InChI=1S/C21H20N2O9S/c22-20(33)14-6-8-15(9-7-14)31-21(26)16-4-1-2-5-17(16)32-19(25)11-10-18(24)29-12-3-13-30-23(27)28/h1-2,4-9H,3,10-13H2,(H2,22,33). The van der Waals surface area contributed by atoms with E-state index in [1.165, 1.54) is 24.3 Å². The summed E-state index contributed by atoms with van der Waals surface area (Å²) in [6.07, 6.45) is -0.431. The highest BCUT2D eigenvalue weighted by molar-refractivity contribution is 7.80. The Hall–Kier alpha value is -4.06. The van der Waals surface area contributed by atoms with Crippen molar-refractivity contribution in [1.29, 1.82) is 0 Å². The molecule has 174 valence electrons. The third-order valence-corrected chi connectivity index (χ3v) is 4.20. The van der Waals surface area contributed by atoms with Crippen LogP contribution in [0.2, 0.25) is 0 Å². The Morgan fingerprint density at radius 2 is 1.61 bits per heavy atom. The molecule has 0 amide bonds. The van der Waals surface area contributed by atoms with Gasteiger partial charge in [-0.3, -0.25) is 9.59 Å². The van der Waals surface area contributed by atoms with Gasteiger partial charge in [-0.1, -0.05) is 24.4 Å². The molecular weight excluding hydrogens is 456 g/mol. The smallest absolute Gasteiger partial charge is 0.347 e. The third-order valence-electron chi connectivity index (χ3n) is 3.96. The summed E-state index contributed by atoms with van der Waals surface area (Å²) in [7, 11) is 0. The number of carbonyl (C=O) groups excluding carboxylic acids is 3. The number of thiocarbonyl (C=S) groups is 1. The van der Waals surface area contributed by atoms with Gasteiger partial charge < -0.3 is 24.8 Å². The first-order chi connectivity index (χ1) is 15.8. The third kappa shape index (κ3) is 8.91. The number of nitrogens with zero attached hydrogens (tertiary/aromatic N) is 1. The van der Waals surface area contributed by atoms with E-state index < -0.39 is 23.0 Å². The fourth-order valence-electron chi connectivity index (χ4n) is 2.41. The maximum absolute atomic E-state index is 12.5. The van der Waals surface area contributed by atoms with Crippen LogP contribution in [0.1, 0.15) is 35.2 Å². The average molecular weight is 476 g/mol. The van der Waals surface area contributed by atoms with Crippen molar-refractivity contribution < 1.29 is 38.5 Å². The maximum atomic E-state index is 12.5. The quantitative estimate of drug-likeness (QED) is 0.120. The molecule has 0 saturated carbocycles. The zero-order chi connectivity index (χ0) is 24.2. The Labute approximate surface area is 193 Å². The number of esters is 3. The summed E-state index contributed by atoms with van der Waals surface area (Å²) < 4.78 is 15.3. The molecule has 0 aliphatic rings. The molecule has 0 aliphatic carbocycles. The summed E-state index contributed by atoms with van der Waals surface area (Å²) in [6, 6.07) is 12.2. The van der Waals surface area contributed by atoms with Crippen LogP contribution in [0, 0.1) is 10.1 Å². The minimum absolute atomic E-state index is 0.0117. The Balaban J connectivity index is 1.85. The summed E-state index contributed by atoms with van der Waals surface area (Å²) in [5.41, 5.74) is 6.16. The molecule has 0 spiro atoms. The molecule has 0 saturated heterocycles. The van der Waals surface area contributed by atoms with Crippen LogP contribution in [0.15, 0.2) is 48.5 Å². The van der Waals surface area contributed by atoms with Crippen molar-refractivity contribution in [2.45, 2.75) is 19.3 Å². The Kier molecular flexibility index (Phi) is 9.71. The van der Waals surface area contributed by atoms with E-state index in [0.717, 1.165) is 0 Å². The van der Waals surface area contributed by atoms with E-state index in [-0.39, 0.29) is 54.5 Å². The monoisotopic (exact) mass is 476 g/mol. The van der Waals surface area contributed by atoms with Crippen molar-refractivity contribution in [2.24, 2.45) is 5.73 Å². The van der Waals surface area contributed by atoms with Crippen molar-refractivity contribution in [1.82, 2.24) is 0 Å². The number of ether oxygens (including phenoxy) is 3. The molecule has 12 heteroatoms. The van der Waals surface area contributed by atoms with Gasteiger partial charge in [0.05, 0.1) is 26.1 Å². The summed E-state index contributed by atoms with van der Waals surface area (Å²) in [5.74, 6) is -1.98. The van der Waals surface area contributed by atoms with E-state index in [4.69, 9.17) is 32.2 Å². The largest absolute Gasteiger partial charge is 0.466 e. The molecule has 2 rings (SSSR count). The van der Waals surface area contributed by atoms with Gasteiger partial charge in [0.1, 0.15) is 22.1 Å². The lowest BCUT2D eigenvalue weighted by atomic mass is 10.2. The lowest BCUT2D eigenvalue weighted by molar-refractivity contribution is -0.757. The molecule has 0 fully saturated rings. The van der Waals surface area contributed by atoms with E-state index in [1.807, 2.05) is 0 Å². The summed E-state index contributed by atoms with van der Waals surface area (Å²) >= 11 is 4.87. The SMILES string of the molecule is NC(=S)c1ccc(OC(=O)c2ccccc2OC(=O)CCC(=O)OCCCO[N+](=O)[O-])cc1. The molecule has 2 aromatic rings. The van der Waals surface area contributed by atoms with Crippen molar-refractivity contribution in [2.75, 3.05) is 13.2 Å². The van der Waals surface area contributed by atoms with E-state index in [0.29, 0.717) is 5.56 Å². The Morgan fingerprint density at radius 3 is 2.27 bits per heavy atom. The molecule has 0 radical (unpaired) electrons. The van der Waals surface area contributed by atoms with Gasteiger partial charge in [0.25, 0.3) is 5.09 Å². The molecule has 33 heavy (non-hydrogen) atoms. The fraction of sp³-hybridized carbons (Fsp3) is 0.238. The number of benzene rings is 2. The van der Waals surface area contributed by atoms with Crippen LogP contribution in [-0.2, 0) is 19.2 Å². The first-order valence-electron chi connectivity index (χ1n) is 9.61. The normalized spacial score (nSPS) is 10.1. The molecule has 0 atom stereocenters. The molecule has 0 bridgehead atoms. The molecular formula is C21H20N2O9S. The van der Waals surface area contributed by atoms with Gasteiger partial charge in [0.15, 0.2) is 0 Å². The van der Waals surface area contributed by atoms with E-state index in [1.54, 1.807) is 24.3 Å². The highest BCUT2D eigenvalue weighted by Crippen LogP contribution is 2.22. The van der Waals surface area contributed by atoms with Crippen LogP contribution < -0.4 is 15.2 Å². The van der Waals surface area contributed by atoms with Crippen LogP contribution in [0.25, 0.3) is 0 Å². The number of hydrogen-bond donors (Lipinski definition) is 1. The number of para-hydroxylation sites is 1. The van der Waals surface area contributed by atoms with Gasteiger partial charge in [-0.05, 0) is 36.4 Å². The van der Waals surface area contributed by atoms with Gasteiger partial charge in [-0.25, -0.2) is 4.79 Å². The van der Waals surface area contributed by atoms with E-state index >= 15 is 0 Å². The highest BCUT2D eigenvalue weighted by Gasteiger charge is 2.18. The molecule has 2 N–H and O–H groups in total. The van der Waals surface area contributed by atoms with Crippen LogP contribution in [0.4, 0.5) is 0 Å². The number of rotatable bonds is 12. The average Bonchev–Trinajstić information content (AvgIpc) is 2.78. The second kappa shape index (κ2) is 12.7. The van der Waals surface area contributed by atoms with Gasteiger partial charge in [-0.15, -0.1) is 10.1 Å². The maximum Gasteiger partial charge on any atom is 0.347 e. The predicted molar refractivity (Wildman–Crippen MR) is 117 cm³/mol. The van der Waals surface area contributed by atoms with Gasteiger partial charge >= 0.3 is 17.9 Å². The highest BCUT2D eigenvalue weighted by atomic mass is 32.1. The Morgan fingerprint density at radius 1 is 0.939 bits per heavy atom. The molecule has 0 aliphatic heterocycles. The molecule has 0 heterocycles. The summed E-state index contributed by atoms with van der Waals surface area (Å²) in [4.78, 5) is 50.6. The number of hydrogen-bond acceptors (Lipinski definition) is 10. The van der Waals surface area contributed by atoms with Crippen molar-refractivity contribution in [3.63, 3.8) is 0 Å². The topological polar surface area (TPSA) is 157 Å². The van der Waals surface area contributed by atoms with Crippen LogP contribution >= 0.6 is 12.2 Å². The zero-order valence-electron chi connectivity index (χ0n) is 17.3. The van der Waals surface area contributed by atoms with Crippen molar-refractivity contribution >= 4 is 35.1 Å². The van der Waals surface area contributed by atoms with Gasteiger partial charge in [-0.2, -0.15) is 0 Å². The van der Waals surface area contributed by atoms with E-state index in [9.17, 15) is 24.5 Å². The van der Waals surface area contributed by atoms with Crippen LogP contribution in [-0.4, -0.2) is 41.2 Å². The minimum Gasteiger partial charge on any atom is -0.466 e. The minimum atomic E-state index is -0.946. The molecule has 0 unspecified atom stereocenters. The zero-order valence-corrected chi connectivity index (χ0v) is 18.1. The predicted octanol–water partition coefficient (Wildman–Crippen LogP) is 2.37. The lowest BCUT2D eigenvalue weighted by Crippen LogP contribution is -2.16. The number of carbonyl (C=O) groups is 3. The first kappa shape index (κ1) is 25.2. The molecule has 11 nitrogen and oxygen atoms in total. The molecule has 2 aromatic carbocycles. The molecule has 0 aromatic heterocycles. The lowest BCUT2D eigenvalue weighted by Gasteiger charge is -2.10. The van der Waals surface area contributed by atoms with Gasteiger partial charge in [0, 0.05) is 12.0 Å². The van der Waals surface area contributed by atoms with Crippen LogP contribution in [0.5, 0.6) is 11.5 Å². The van der Waals surface area contributed by atoms with E-state index in [2.05, 4.69) is 4.84 Å². The summed E-state index contributed by atoms with van der Waals surface area (Å²) in [6.45, 7) is -0.297. The van der Waals surface area contributed by atoms with Gasteiger partial charge in [0.2, 0.25) is 0 Å². The summed E-state index contributed by atoms with van der Waals surface area (Å²) in [5, 5.41) is 9.06. The second-order valence-corrected chi connectivity index (χ2v) is 6.82. The second-order valence-electron chi connectivity index (χ2n) is 6.38. The van der Waals surface area contributed by atoms with Crippen LogP contribution in [0.3, 0.4) is 0 Å². The van der Waals surface area contributed by atoms with Crippen molar-refractivity contribution in [3.8, 4) is 11.5 Å². The number of nitrogens with two attached hydrogens (primary N) is 1. The van der Waals surface area contributed by atoms with Crippen molar-refractivity contribution in [3.05, 3.63) is 69.8 Å². The first-order valence-corrected chi connectivity index (χ1v) is 10.0.